The highest BCUT2D eigenvalue weighted by Gasteiger charge is 2.37. The van der Waals surface area contributed by atoms with Crippen LogP contribution in [0, 0.1) is 5.92 Å². The van der Waals surface area contributed by atoms with E-state index in [0.29, 0.717) is 19.0 Å². The van der Waals surface area contributed by atoms with Gasteiger partial charge in [0.1, 0.15) is 11.9 Å². The van der Waals surface area contributed by atoms with E-state index in [1.54, 1.807) is 0 Å². The van der Waals surface area contributed by atoms with Gasteiger partial charge < -0.3 is 20.3 Å². The van der Waals surface area contributed by atoms with Crippen LogP contribution < -0.4 is 10.6 Å². The Labute approximate surface area is 176 Å². The third-order valence-corrected chi connectivity index (χ3v) is 5.88. The standard InChI is InChI=1S/C23H39N3O3/c1-5-8-19-12-13-20(29-22(19)17(3)9-7-14-24-16-27)15-25-21(18-10-11-18)23(28)26(4)6-2/h8,16,18,20-21,25H,5-7,9-15H2,1-4H3,(H,24,27)/b19-8-,22-17-. The molecule has 6 heteroatoms. The number of allylic oxidation sites excluding steroid dienone is 3. The zero-order valence-electron chi connectivity index (χ0n) is 18.6. The first-order chi connectivity index (χ1) is 14.0. The predicted molar refractivity (Wildman–Crippen MR) is 116 cm³/mol. The van der Waals surface area contributed by atoms with E-state index in [4.69, 9.17) is 4.74 Å². The average molecular weight is 406 g/mol. The van der Waals surface area contributed by atoms with Crippen LogP contribution in [0.5, 0.6) is 0 Å². The van der Waals surface area contributed by atoms with Crippen LogP contribution in [0.15, 0.2) is 23.0 Å². The Morgan fingerprint density at radius 2 is 2.07 bits per heavy atom. The minimum Gasteiger partial charge on any atom is -0.489 e. The second kappa shape index (κ2) is 12.0. The molecule has 164 valence electrons. The highest BCUT2D eigenvalue weighted by Crippen LogP contribution is 2.34. The smallest absolute Gasteiger partial charge is 0.239 e. The van der Waals surface area contributed by atoms with E-state index in [0.717, 1.165) is 63.7 Å². The van der Waals surface area contributed by atoms with Gasteiger partial charge in [0.15, 0.2) is 0 Å². The van der Waals surface area contributed by atoms with Gasteiger partial charge in [-0.05, 0) is 75.9 Å². The first-order valence-electron chi connectivity index (χ1n) is 11.2. The Hall–Kier alpha value is -1.82. The van der Waals surface area contributed by atoms with Crippen LogP contribution in [-0.4, -0.2) is 56.0 Å². The summed E-state index contributed by atoms with van der Waals surface area (Å²) < 4.78 is 6.42. The highest BCUT2D eigenvalue weighted by molar-refractivity contribution is 5.82. The van der Waals surface area contributed by atoms with Gasteiger partial charge in [0.05, 0.1) is 6.04 Å². The molecular formula is C23H39N3O3. The molecule has 29 heavy (non-hydrogen) atoms. The molecule has 1 aliphatic carbocycles. The van der Waals surface area contributed by atoms with Crippen molar-refractivity contribution in [3.05, 3.63) is 23.0 Å². The monoisotopic (exact) mass is 405 g/mol. The Kier molecular flexibility index (Phi) is 9.71. The predicted octanol–water partition coefficient (Wildman–Crippen LogP) is 3.15. The van der Waals surface area contributed by atoms with Crippen molar-refractivity contribution in [1.82, 2.24) is 15.5 Å². The third-order valence-electron chi connectivity index (χ3n) is 5.88. The van der Waals surface area contributed by atoms with Crippen LogP contribution >= 0.6 is 0 Å². The number of ether oxygens (including phenoxy) is 1. The molecule has 2 N–H and O–H groups in total. The number of likely N-dealkylation sites (N-methyl/N-ethyl adjacent to an activating group) is 1. The molecule has 2 unspecified atom stereocenters. The van der Waals surface area contributed by atoms with E-state index in [-0.39, 0.29) is 18.1 Å². The van der Waals surface area contributed by atoms with Gasteiger partial charge in [0.25, 0.3) is 0 Å². The maximum absolute atomic E-state index is 12.7. The molecule has 1 aliphatic heterocycles. The summed E-state index contributed by atoms with van der Waals surface area (Å²) in [7, 11) is 1.88. The summed E-state index contributed by atoms with van der Waals surface area (Å²) in [6, 6.07) is -0.0842. The molecule has 0 bridgehead atoms. The number of hydrogen-bond acceptors (Lipinski definition) is 4. The molecule has 2 rings (SSSR count). The minimum absolute atomic E-state index is 0.0842. The Bertz CT molecular complexity index is 610. The van der Waals surface area contributed by atoms with Crippen LogP contribution in [0.4, 0.5) is 0 Å². The first kappa shape index (κ1) is 23.5. The lowest BCUT2D eigenvalue weighted by Crippen LogP contribution is -2.49. The van der Waals surface area contributed by atoms with E-state index >= 15 is 0 Å². The van der Waals surface area contributed by atoms with Crippen LogP contribution in [0.25, 0.3) is 0 Å². The van der Waals surface area contributed by atoms with Crippen molar-refractivity contribution in [2.75, 3.05) is 26.7 Å². The van der Waals surface area contributed by atoms with Crippen molar-refractivity contribution >= 4 is 12.3 Å². The Balaban J connectivity index is 1.98. The fraction of sp³-hybridized carbons (Fsp3) is 0.739. The first-order valence-corrected chi connectivity index (χ1v) is 11.2. The van der Waals surface area contributed by atoms with Crippen molar-refractivity contribution in [3.8, 4) is 0 Å². The van der Waals surface area contributed by atoms with Gasteiger partial charge in [0, 0.05) is 26.7 Å². The van der Waals surface area contributed by atoms with Crippen molar-refractivity contribution in [1.29, 1.82) is 0 Å². The fourth-order valence-electron chi connectivity index (χ4n) is 3.86. The van der Waals surface area contributed by atoms with Gasteiger partial charge in [-0.15, -0.1) is 0 Å². The number of hydrogen-bond donors (Lipinski definition) is 2. The normalized spacial score (nSPS) is 23.3. The molecule has 2 aliphatic rings. The summed E-state index contributed by atoms with van der Waals surface area (Å²) in [5.41, 5.74) is 2.53. The van der Waals surface area contributed by atoms with E-state index < -0.39 is 0 Å². The molecule has 2 fully saturated rings. The summed E-state index contributed by atoms with van der Waals surface area (Å²) in [6.07, 6.45) is 10.1. The molecule has 2 amide bonds. The number of carbonyl (C=O) groups is 2. The summed E-state index contributed by atoms with van der Waals surface area (Å²) in [4.78, 5) is 24.9. The van der Waals surface area contributed by atoms with Crippen molar-refractivity contribution < 1.29 is 14.3 Å². The quantitative estimate of drug-likeness (QED) is 0.387. The van der Waals surface area contributed by atoms with Gasteiger partial charge in [-0.3, -0.25) is 9.59 Å². The summed E-state index contributed by atoms with van der Waals surface area (Å²) >= 11 is 0. The Morgan fingerprint density at radius 1 is 1.31 bits per heavy atom. The SMILES string of the molecule is CC/C=C1/CCC(CNC(C(=O)N(C)CC)C2CC2)O/C1=C(/C)CCCNC=O. The van der Waals surface area contributed by atoms with E-state index in [1.807, 2.05) is 18.9 Å². The van der Waals surface area contributed by atoms with E-state index in [1.165, 1.54) is 11.1 Å². The second-order valence-corrected chi connectivity index (χ2v) is 8.28. The van der Waals surface area contributed by atoms with Crippen molar-refractivity contribution in [2.45, 2.75) is 77.9 Å². The topological polar surface area (TPSA) is 70.7 Å². The van der Waals surface area contributed by atoms with Gasteiger partial charge in [-0.1, -0.05) is 13.0 Å². The number of amides is 2. The lowest BCUT2D eigenvalue weighted by Gasteiger charge is -2.32. The Morgan fingerprint density at radius 3 is 2.69 bits per heavy atom. The maximum atomic E-state index is 12.7. The third kappa shape index (κ3) is 7.18. The molecule has 0 radical (unpaired) electrons. The maximum Gasteiger partial charge on any atom is 0.239 e. The second-order valence-electron chi connectivity index (χ2n) is 8.28. The number of nitrogens with one attached hydrogen (secondary N) is 2. The molecule has 0 spiro atoms. The molecule has 6 nitrogen and oxygen atoms in total. The molecule has 1 saturated carbocycles. The number of rotatable bonds is 12. The van der Waals surface area contributed by atoms with Gasteiger partial charge in [-0.25, -0.2) is 0 Å². The van der Waals surface area contributed by atoms with Gasteiger partial charge >= 0.3 is 0 Å². The van der Waals surface area contributed by atoms with Crippen LogP contribution in [0.1, 0.15) is 65.7 Å². The molecule has 0 aromatic rings. The lowest BCUT2D eigenvalue weighted by molar-refractivity contribution is -0.132. The van der Waals surface area contributed by atoms with Gasteiger partial charge in [0.2, 0.25) is 12.3 Å². The largest absolute Gasteiger partial charge is 0.489 e. The van der Waals surface area contributed by atoms with Crippen molar-refractivity contribution in [2.24, 2.45) is 5.92 Å². The zero-order chi connectivity index (χ0) is 21.2. The summed E-state index contributed by atoms with van der Waals surface area (Å²) in [5, 5.41) is 6.25. The fourth-order valence-corrected chi connectivity index (χ4v) is 3.86. The van der Waals surface area contributed by atoms with Crippen LogP contribution in [0.3, 0.4) is 0 Å². The van der Waals surface area contributed by atoms with Crippen molar-refractivity contribution in [3.63, 3.8) is 0 Å². The summed E-state index contributed by atoms with van der Waals surface area (Å²) in [6.45, 7) is 8.41. The van der Waals surface area contributed by atoms with Crippen LogP contribution in [-0.2, 0) is 14.3 Å². The molecule has 1 saturated heterocycles. The number of carbonyl (C=O) groups excluding carboxylic acids is 2. The lowest BCUT2D eigenvalue weighted by atomic mass is 9.96. The van der Waals surface area contributed by atoms with Crippen LogP contribution in [0.2, 0.25) is 0 Å². The number of nitrogens with zero attached hydrogens (tertiary/aromatic N) is 1. The molecular weight excluding hydrogens is 366 g/mol. The molecule has 2 atom stereocenters. The van der Waals surface area contributed by atoms with Gasteiger partial charge in [-0.2, -0.15) is 0 Å². The zero-order valence-corrected chi connectivity index (χ0v) is 18.6. The summed E-state index contributed by atoms with van der Waals surface area (Å²) in [5.74, 6) is 1.70. The van der Waals surface area contributed by atoms with E-state index in [2.05, 4.69) is 30.6 Å². The molecule has 0 aromatic heterocycles. The van der Waals surface area contributed by atoms with E-state index in [9.17, 15) is 9.59 Å². The molecule has 1 heterocycles. The average Bonchev–Trinajstić information content (AvgIpc) is 3.56. The highest BCUT2D eigenvalue weighted by atomic mass is 16.5. The minimum atomic E-state index is -0.0842. The molecule has 0 aromatic carbocycles.